The smallest absolute Gasteiger partial charge is 0.167 e. The predicted octanol–water partition coefficient (Wildman–Crippen LogP) is 1.12. The van der Waals surface area contributed by atoms with Crippen LogP contribution < -0.4 is 5.73 Å². The molecule has 5 heteroatoms. The Morgan fingerprint density at radius 1 is 1.62 bits per heavy atom. The molecule has 0 aliphatic carbocycles. The third kappa shape index (κ3) is 3.00. The number of hydrogen-bond acceptors (Lipinski definition) is 4. The molecule has 0 amide bonds. The van der Waals surface area contributed by atoms with E-state index in [4.69, 9.17) is 5.73 Å². The van der Waals surface area contributed by atoms with Crippen LogP contribution in [-0.2, 0) is 6.42 Å². The highest BCUT2D eigenvalue weighted by Crippen LogP contribution is 2.11. The minimum absolute atomic E-state index is 0.0241. The molecule has 0 spiro atoms. The average molecular weight is 200 g/mol. The molecule has 0 aromatic carbocycles. The molecular weight excluding hydrogens is 184 g/mol. The van der Waals surface area contributed by atoms with Crippen molar-refractivity contribution in [3.8, 4) is 0 Å². The Morgan fingerprint density at radius 3 is 2.92 bits per heavy atom. The number of nitrogens with two attached hydrogens (primary N) is 1. The first kappa shape index (κ1) is 10.5. The highest BCUT2D eigenvalue weighted by Gasteiger charge is 2.10. The molecule has 0 aliphatic rings. The summed E-state index contributed by atoms with van der Waals surface area (Å²) in [6, 6.07) is -0.0241. The standard InChI is InChI=1S/C8H16N4S/c1-3-7-10-8(12-11-7)6(9)4-5-13-2/h6H,3-5,9H2,1-2H3,(H,10,11,12)/t6-/m0/s1. The zero-order valence-corrected chi connectivity index (χ0v) is 8.90. The highest BCUT2D eigenvalue weighted by molar-refractivity contribution is 7.98. The maximum atomic E-state index is 5.89. The molecule has 0 bridgehead atoms. The molecule has 0 saturated heterocycles. The van der Waals surface area contributed by atoms with Gasteiger partial charge in [0.2, 0.25) is 0 Å². The minimum Gasteiger partial charge on any atom is -0.321 e. The van der Waals surface area contributed by atoms with E-state index in [0.29, 0.717) is 0 Å². The molecule has 0 saturated carbocycles. The summed E-state index contributed by atoms with van der Waals surface area (Å²) in [6.45, 7) is 2.04. The number of nitrogens with zero attached hydrogens (tertiary/aromatic N) is 2. The molecule has 13 heavy (non-hydrogen) atoms. The molecular formula is C8H16N4S. The van der Waals surface area contributed by atoms with Gasteiger partial charge in [0.25, 0.3) is 0 Å². The van der Waals surface area contributed by atoms with E-state index in [0.717, 1.165) is 30.2 Å². The van der Waals surface area contributed by atoms with Crippen molar-refractivity contribution in [1.82, 2.24) is 15.2 Å². The monoisotopic (exact) mass is 200 g/mol. The second-order valence-electron chi connectivity index (χ2n) is 2.88. The molecule has 0 radical (unpaired) electrons. The van der Waals surface area contributed by atoms with E-state index in [1.54, 1.807) is 11.8 Å². The van der Waals surface area contributed by atoms with Gasteiger partial charge >= 0.3 is 0 Å². The minimum atomic E-state index is -0.0241. The van der Waals surface area contributed by atoms with Crippen LogP contribution in [0.2, 0.25) is 0 Å². The maximum absolute atomic E-state index is 5.89. The first-order valence-electron chi connectivity index (χ1n) is 4.43. The lowest BCUT2D eigenvalue weighted by molar-refractivity contribution is 0.657. The van der Waals surface area contributed by atoms with Gasteiger partial charge in [-0.2, -0.15) is 16.9 Å². The lowest BCUT2D eigenvalue weighted by Gasteiger charge is -2.04. The van der Waals surface area contributed by atoms with Crippen LogP contribution in [0, 0.1) is 0 Å². The van der Waals surface area contributed by atoms with E-state index in [1.807, 2.05) is 6.92 Å². The SMILES string of the molecule is CCc1nc([C@@H](N)CCSC)n[nH]1. The highest BCUT2D eigenvalue weighted by atomic mass is 32.2. The Bertz CT molecular complexity index is 248. The summed E-state index contributed by atoms with van der Waals surface area (Å²) < 4.78 is 0. The third-order valence-electron chi connectivity index (χ3n) is 1.85. The van der Waals surface area contributed by atoms with Crippen molar-refractivity contribution in [2.75, 3.05) is 12.0 Å². The van der Waals surface area contributed by atoms with E-state index in [1.165, 1.54) is 0 Å². The largest absolute Gasteiger partial charge is 0.321 e. The van der Waals surface area contributed by atoms with Gasteiger partial charge < -0.3 is 5.73 Å². The van der Waals surface area contributed by atoms with Crippen molar-refractivity contribution in [3.63, 3.8) is 0 Å². The fraction of sp³-hybridized carbons (Fsp3) is 0.750. The number of H-pyrrole nitrogens is 1. The fourth-order valence-electron chi connectivity index (χ4n) is 1.01. The van der Waals surface area contributed by atoms with Crippen molar-refractivity contribution in [3.05, 3.63) is 11.6 Å². The van der Waals surface area contributed by atoms with Gasteiger partial charge in [-0.1, -0.05) is 6.92 Å². The van der Waals surface area contributed by atoms with Gasteiger partial charge in [0, 0.05) is 6.42 Å². The van der Waals surface area contributed by atoms with Crippen molar-refractivity contribution >= 4 is 11.8 Å². The van der Waals surface area contributed by atoms with Crippen LogP contribution >= 0.6 is 11.8 Å². The van der Waals surface area contributed by atoms with Crippen LogP contribution in [0.25, 0.3) is 0 Å². The normalized spacial score (nSPS) is 13.2. The molecule has 74 valence electrons. The molecule has 1 heterocycles. The average Bonchev–Trinajstić information content (AvgIpc) is 2.62. The van der Waals surface area contributed by atoms with E-state index in [9.17, 15) is 0 Å². The Hall–Kier alpha value is -0.550. The van der Waals surface area contributed by atoms with Gasteiger partial charge in [-0.3, -0.25) is 5.10 Å². The number of rotatable bonds is 5. The van der Waals surface area contributed by atoms with E-state index in [2.05, 4.69) is 21.4 Å². The second kappa shape index (κ2) is 5.24. The fourth-order valence-corrected chi connectivity index (χ4v) is 1.50. The predicted molar refractivity (Wildman–Crippen MR) is 55.7 cm³/mol. The van der Waals surface area contributed by atoms with Crippen molar-refractivity contribution in [2.24, 2.45) is 5.73 Å². The molecule has 1 atom stereocenters. The molecule has 1 aromatic rings. The van der Waals surface area contributed by atoms with Crippen LogP contribution in [-0.4, -0.2) is 27.2 Å². The number of nitrogens with one attached hydrogen (secondary N) is 1. The summed E-state index contributed by atoms with van der Waals surface area (Å²) in [5.41, 5.74) is 5.89. The first-order valence-corrected chi connectivity index (χ1v) is 5.83. The zero-order chi connectivity index (χ0) is 9.68. The lowest BCUT2D eigenvalue weighted by atomic mass is 10.2. The number of thioether (sulfide) groups is 1. The molecule has 4 nitrogen and oxygen atoms in total. The molecule has 0 aliphatic heterocycles. The van der Waals surface area contributed by atoms with Crippen LogP contribution in [0.4, 0.5) is 0 Å². The van der Waals surface area contributed by atoms with E-state index in [-0.39, 0.29) is 6.04 Å². The number of hydrogen-bond donors (Lipinski definition) is 2. The Balaban J connectivity index is 2.50. The summed E-state index contributed by atoms with van der Waals surface area (Å²) in [5, 5.41) is 6.93. The Morgan fingerprint density at radius 2 is 2.38 bits per heavy atom. The molecule has 0 unspecified atom stereocenters. The maximum Gasteiger partial charge on any atom is 0.167 e. The third-order valence-corrected chi connectivity index (χ3v) is 2.49. The van der Waals surface area contributed by atoms with Crippen LogP contribution in [0.1, 0.15) is 31.0 Å². The second-order valence-corrected chi connectivity index (χ2v) is 3.87. The summed E-state index contributed by atoms with van der Waals surface area (Å²) in [6.07, 6.45) is 3.88. The van der Waals surface area contributed by atoms with Gasteiger partial charge in [0.15, 0.2) is 5.82 Å². The van der Waals surface area contributed by atoms with E-state index >= 15 is 0 Å². The lowest BCUT2D eigenvalue weighted by Crippen LogP contribution is -2.13. The quantitative estimate of drug-likeness (QED) is 0.747. The van der Waals surface area contributed by atoms with Crippen LogP contribution in [0.5, 0.6) is 0 Å². The van der Waals surface area contributed by atoms with Crippen LogP contribution in [0.15, 0.2) is 0 Å². The first-order chi connectivity index (χ1) is 6.27. The summed E-state index contributed by atoms with van der Waals surface area (Å²) in [7, 11) is 0. The van der Waals surface area contributed by atoms with Gasteiger partial charge in [-0.25, -0.2) is 4.98 Å². The summed E-state index contributed by atoms with van der Waals surface area (Å²) in [4.78, 5) is 4.28. The van der Waals surface area contributed by atoms with Gasteiger partial charge in [-0.15, -0.1) is 0 Å². The molecule has 0 fully saturated rings. The van der Waals surface area contributed by atoms with Gasteiger partial charge in [0.1, 0.15) is 5.82 Å². The molecule has 1 aromatic heterocycles. The van der Waals surface area contributed by atoms with Crippen LogP contribution in [0.3, 0.4) is 0 Å². The number of aryl methyl sites for hydroxylation is 1. The van der Waals surface area contributed by atoms with Crippen molar-refractivity contribution < 1.29 is 0 Å². The summed E-state index contributed by atoms with van der Waals surface area (Å²) >= 11 is 1.79. The summed E-state index contributed by atoms with van der Waals surface area (Å²) in [5.74, 6) is 2.71. The molecule has 1 rings (SSSR count). The number of aromatic nitrogens is 3. The van der Waals surface area contributed by atoms with Gasteiger partial charge in [-0.05, 0) is 18.4 Å². The zero-order valence-electron chi connectivity index (χ0n) is 8.08. The Labute approximate surface area is 82.7 Å². The van der Waals surface area contributed by atoms with Crippen molar-refractivity contribution in [2.45, 2.75) is 25.8 Å². The number of aromatic amines is 1. The Kier molecular flexibility index (Phi) is 4.24. The van der Waals surface area contributed by atoms with Crippen molar-refractivity contribution in [1.29, 1.82) is 0 Å². The van der Waals surface area contributed by atoms with Gasteiger partial charge in [0.05, 0.1) is 6.04 Å². The molecule has 3 N–H and O–H groups in total. The topological polar surface area (TPSA) is 67.6 Å². The van der Waals surface area contributed by atoms with E-state index < -0.39 is 0 Å².